The average Bonchev–Trinajstić information content (AvgIpc) is 2.89. The number of hydrogen-bond acceptors (Lipinski definition) is 5. The highest BCUT2D eigenvalue weighted by Crippen LogP contribution is 2.20. The minimum atomic E-state index is -0.853. The first-order valence-electron chi connectivity index (χ1n) is 6.19. The molecule has 98 valence electrons. The number of rotatable bonds is 4. The van der Waals surface area contributed by atoms with Gasteiger partial charge >= 0.3 is 0 Å². The zero-order valence-electron chi connectivity index (χ0n) is 10.0. The Morgan fingerprint density at radius 1 is 1.65 bits per heavy atom. The summed E-state index contributed by atoms with van der Waals surface area (Å²) in [5, 5.41) is 15.4. The van der Waals surface area contributed by atoms with Crippen LogP contribution in [0.1, 0.15) is 26.2 Å². The molecule has 2 rings (SSSR count). The number of nitrogens with one attached hydrogen (secondary N) is 2. The van der Waals surface area contributed by atoms with Crippen LogP contribution in [-0.4, -0.2) is 48.8 Å². The highest BCUT2D eigenvalue weighted by atomic mass is 16.7. The summed E-state index contributed by atoms with van der Waals surface area (Å²) in [6, 6.07) is -0.380. The third-order valence-corrected chi connectivity index (χ3v) is 3.11. The van der Waals surface area contributed by atoms with Crippen molar-refractivity contribution in [3.05, 3.63) is 0 Å². The molecule has 6 nitrogen and oxygen atoms in total. The first-order chi connectivity index (χ1) is 8.20. The van der Waals surface area contributed by atoms with Crippen molar-refractivity contribution in [3.8, 4) is 0 Å². The monoisotopic (exact) mass is 244 g/mol. The van der Waals surface area contributed by atoms with Crippen LogP contribution in [0, 0.1) is 0 Å². The summed E-state index contributed by atoms with van der Waals surface area (Å²) in [6.07, 6.45) is 0.870. The van der Waals surface area contributed by atoms with E-state index in [-0.39, 0.29) is 18.0 Å². The van der Waals surface area contributed by atoms with Gasteiger partial charge in [-0.15, -0.1) is 0 Å². The van der Waals surface area contributed by atoms with Crippen molar-refractivity contribution in [2.24, 2.45) is 0 Å². The van der Waals surface area contributed by atoms with Crippen molar-refractivity contribution in [3.63, 3.8) is 0 Å². The Kier molecular flexibility index (Phi) is 4.33. The van der Waals surface area contributed by atoms with E-state index in [0.29, 0.717) is 13.0 Å². The second kappa shape index (κ2) is 5.77. The van der Waals surface area contributed by atoms with Crippen molar-refractivity contribution < 1.29 is 19.4 Å². The molecule has 2 aliphatic heterocycles. The zero-order valence-corrected chi connectivity index (χ0v) is 10.0. The van der Waals surface area contributed by atoms with Crippen LogP contribution in [-0.2, 0) is 14.3 Å². The number of ether oxygens (including phenoxy) is 2. The minimum Gasteiger partial charge on any atom is -0.368 e. The van der Waals surface area contributed by atoms with E-state index in [1.807, 2.05) is 6.92 Å². The van der Waals surface area contributed by atoms with Crippen LogP contribution in [0.3, 0.4) is 0 Å². The number of amides is 1. The van der Waals surface area contributed by atoms with Crippen LogP contribution in [0.5, 0.6) is 0 Å². The van der Waals surface area contributed by atoms with Gasteiger partial charge in [-0.3, -0.25) is 4.79 Å². The normalized spacial score (nSPS) is 37.3. The first kappa shape index (κ1) is 12.8. The zero-order chi connectivity index (χ0) is 12.3. The van der Waals surface area contributed by atoms with Crippen molar-refractivity contribution >= 4 is 5.91 Å². The fourth-order valence-corrected chi connectivity index (χ4v) is 2.27. The molecule has 2 heterocycles. The summed E-state index contributed by atoms with van der Waals surface area (Å²) < 4.78 is 10.5. The standard InChI is InChI=1S/C11H20N2O4/c1-2-16-11-8(6-9(14)17-11)13-10(15)7-4-3-5-12-7/h7-9,11-12,14H,2-6H2,1H3,(H,13,15)/t7-,8-,9?,11+/m0/s1. The van der Waals surface area contributed by atoms with Gasteiger partial charge in [-0.1, -0.05) is 0 Å². The molecule has 17 heavy (non-hydrogen) atoms. The molecule has 0 bridgehead atoms. The fraction of sp³-hybridized carbons (Fsp3) is 0.909. The summed E-state index contributed by atoms with van der Waals surface area (Å²) in [4.78, 5) is 11.9. The van der Waals surface area contributed by atoms with Crippen LogP contribution < -0.4 is 10.6 Å². The van der Waals surface area contributed by atoms with Gasteiger partial charge in [0.1, 0.15) is 0 Å². The van der Waals surface area contributed by atoms with E-state index in [0.717, 1.165) is 19.4 Å². The van der Waals surface area contributed by atoms with Crippen molar-refractivity contribution in [1.29, 1.82) is 0 Å². The smallest absolute Gasteiger partial charge is 0.237 e. The minimum absolute atomic E-state index is 0.0325. The summed E-state index contributed by atoms with van der Waals surface area (Å²) in [7, 11) is 0. The molecule has 2 aliphatic rings. The van der Waals surface area contributed by atoms with Gasteiger partial charge < -0.3 is 25.2 Å². The maximum absolute atomic E-state index is 11.9. The van der Waals surface area contributed by atoms with E-state index >= 15 is 0 Å². The van der Waals surface area contributed by atoms with Crippen LogP contribution in [0.25, 0.3) is 0 Å². The summed E-state index contributed by atoms with van der Waals surface area (Å²) >= 11 is 0. The molecule has 0 aromatic rings. The lowest BCUT2D eigenvalue weighted by atomic mass is 10.1. The maximum atomic E-state index is 11.9. The third kappa shape index (κ3) is 3.16. The SMILES string of the molecule is CCO[C@@H]1OC(O)C[C@@H]1NC(=O)[C@@H]1CCCN1. The molecule has 0 aromatic heterocycles. The maximum Gasteiger partial charge on any atom is 0.237 e. The number of aliphatic hydroxyl groups is 1. The van der Waals surface area contributed by atoms with Gasteiger partial charge in [0.15, 0.2) is 12.6 Å². The van der Waals surface area contributed by atoms with Gasteiger partial charge in [-0.25, -0.2) is 0 Å². The second-order valence-electron chi connectivity index (χ2n) is 4.41. The van der Waals surface area contributed by atoms with E-state index < -0.39 is 12.6 Å². The van der Waals surface area contributed by atoms with E-state index in [4.69, 9.17) is 9.47 Å². The first-order valence-corrected chi connectivity index (χ1v) is 6.19. The van der Waals surface area contributed by atoms with Gasteiger partial charge in [-0.2, -0.15) is 0 Å². The second-order valence-corrected chi connectivity index (χ2v) is 4.41. The molecule has 2 fully saturated rings. The number of aliphatic hydroxyl groups excluding tert-OH is 1. The Hall–Kier alpha value is -0.690. The molecule has 1 unspecified atom stereocenters. The number of hydrogen-bond donors (Lipinski definition) is 3. The van der Waals surface area contributed by atoms with Crippen molar-refractivity contribution in [2.45, 2.75) is 50.8 Å². The van der Waals surface area contributed by atoms with Crippen LogP contribution >= 0.6 is 0 Å². The van der Waals surface area contributed by atoms with Crippen LogP contribution in [0.4, 0.5) is 0 Å². The topological polar surface area (TPSA) is 79.8 Å². The molecule has 0 radical (unpaired) electrons. The highest BCUT2D eigenvalue weighted by Gasteiger charge is 2.37. The van der Waals surface area contributed by atoms with Gasteiger partial charge in [0, 0.05) is 13.0 Å². The Morgan fingerprint density at radius 3 is 3.12 bits per heavy atom. The van der Waals surface area contributed by atoms with Crippen molar-refractivity contribution in [2.75, 3.05) is 13.2 Å². The van der Waals surface area contributed by atoms with Crippen LogP contribution in [0.15, 0.2) is 0 Å². The van der Waals surface area contributed by atoms with Gasteiger partial charge in [-0.05, 0) is 26.3 Å². The quantitative estimate of drug-likeness (QED) is 0.611. The van der Waals surface area contributed by atoms with Gasteiger partial charge in [0.05, 0.1) is 12.1 Å². The highest BCUT2D eigenvalue weighted by molar-refractivity contribution is 5.82. The largest absolute Gasteiger partial charge is 0.368 e. The summed E-state index contributed by atoms with van der Waals surface area (Å²) in [6.45, 7) is 3.23. The molecular formula is C11H20N2O4. The predicted octanol–water partition coefficient (Wildman–Crippen LogP) is -0.675. The van der Waals surface area contributed by atoms with E-state index in [1.165, 1.54) is 0 Å². The lowest BCUT2D eigenvalue weighted by Gasteiger charge is -2.21. The Labute approximate surface area is 101 Å². The lowest BCUT2D eigenvalue weighted by molar-refractivity contribution is -0.188. The molecular weight excluding hydrogens is 224 g/mol. The molecule has 0 aliphatic carbocycles. The number of carbonyl (C=O) groups is 1. The molecule has 2 saturated heterocycles. The molecule has 6 heteroatoms. The Balaban J connectivity index is 1.85. The van der Waals surface area contributed by atoms with E-state index in [1.54, 1.807) is 0 Å². The molecule has 0 saturated carbocycles. The molecule has 1 amide bonds. The average molecular weight is 244 g/mol. The predicted molar refractivity (Wildman–Crippen MR) is 60.1 cm³/mol. The third-order valence-electron chi connectivity index (χ3n) is 3.11. The lowest BCUT2D eigenvalue weighted by Crippen LogP contribution is -2.48. The van der Waals surface area contributed by atoms with Crippen LogP contribution in [0.2, 0.25) is 0 Å². The molecule has 3 N–H and O–H groups in total. The summed E-state index contributed by atoms with van der Waals surface area (Å²) in [5.41, 5.74) is 0. The van der Waals surface area contributed by atoms with Gasteiger partial charge in [0.2, 0.25) is 5.91 Å². The van der Waals surface area contributed by atoms with E-state index in [9.17, 15) is 9.90 Å². The molecule has 0 aromatic carbocycles. The van der Waals surface area contributed by atoms with Crippen molar-refractivity contribution in [1.82, 2.24) is 10.6 Å². The molecule has 4 atom stereocenters. The van der Waals surface area contributed by atoms with E-state index in [2.05, 4.69) is 10.6 Å². The van der Waals surface area contributed by atoms with Gasteiger partial charge in [0.25, 0.3) is 0 Å². The number of carbonyl (C=O) groups excluding carboxylic acids is 1. The molecule has 0 spiro atoms. The summed E-state index contributed by atoms with van der Waals surface area (Å²) in [5.74, 6) is -0.0325. The Bertz CT molecular complexity index is 268. The Morgan fingerprint density at radius 2 is 2.47 bits per heavy atom. The fourth-order valence-electron chi connectivity index (χ4n) is 2.27.